The highest BCUT2D eigenvalue weighted by Gasteiger charge is 2.16. The Hall–Kier alpha value is 0.390. The van der Waals surface area contributed by atoms with E-state index in [4.69, 9.17) is 0 Å². The molecule has 0 aliphatic rings. The van der Waals surface area contributed by atoms with Crippen molar-refractivity contribution in [2.75, 3.05) is 0 Å². The molecule has 2 aromatic rings. The molecule has 0 saturated carbocycles. The van der Waals surface area contributed by atoms with Crippen molar-refractivity contribution in [1.82, 2.24) is 0 Å². The molecule has 1 atom stereocenters. The largest absolute Gasteiger partial charge is 0.0830 e. The van der Waals surface area contributed by atoms with Crippen molar-refractivity contribution < 1.29 is 0 Å². The van der Waals surface area contributed by atoms with Gasteiger partial charge in [-0.3, -0.25) is 0 Å². The molecule has 1 unspecified atom stereocenters. The predicted octanol–water partition coefficient (Wildman–Crippen LogP) is 6.62. The average Bonchev–Trinajstić information content (AvgIpc) is 2.58. The first-order valence-corrected chi connectivity index (χ1v) is 12.6. The Morgan fingerprint density at radius 2 is 1.44 bits per heavy atom. The van der Waals surface area contributed by atoms with E-state index in [-0.39, 0.29) is 12.9 Å². The van der Waals surface area contributed by atoms with E-state index in [1.54, 1.807) is 0 Å². The number of benzene rings is 1. The van der Waals surface area contributed by atoms with E-state index in [9.17, 15) is 0 Å². The minimum absolute atomic E-state index is 0.302. The highest BCUT2D eigenvalue weighted by Crippen LogP contribution is 2.59. The van der Waals surface area contributed by atoms with Gasteiger partial charge >= 0.3 is 0 Å². The molecule has 0 nitrogen and oxygen atoms in total. The van der Waals surface area contributed by atoms with Crippen LogP contribution in [0.1, 0.15) is 22.3 Å². The molecule has 0 spiro atoms. The fourth-order valence-electron chi connectivity index (χ4n) is 2.44. The van der Waals surface area contributed by atoms with Gasteiger partial charge in [-0.1, -0.05) is 25.2 Å². The summed E-state index contributed by atoms with van der Waals surface area (Å²) in [6, 6.07) is 6.93. The van der Waals surface area contributed by atoms with Crippen LogP contribution in [0.25, 0.3) is 5.30 Å². The zero-order chi connectivity index (χ0) is 13.4. The molecule has 0 amide bonds. The van der Waals surface area contributed by atoms with Gasteiger partial charge in [0.2, 0.25) is 0 Å². The summed E-state index contributed by atoms with van der Waals surface area (Å²) in [6.45, 7) is 8.84. The second kappa shape index (κ2) is 5.80. The Kier molecular flexibility index (Phi) is 4.76. The molecular weight excluding hydrogens is 390 g/mol. The third-order valence-corrected chi connectivity index (χ3v) is 11.1. The SMILES string of the molecule is Cc1cc(C)c(-p2cc(C)cc2P(Br)Br)c(C)c1. The van der Waals surface area contributed by atoms with Crippen LogP contribution in [-0.4, -0.2) is 0 Å². The van der Waals surface area contributed by atoms with Gasteiger partial charge in [-0.25, -0.2) is 0 Å². The van der Waals surface area contributed by atoms with Crippen molar-refractivity contribution in [3.63, 3.8) is 0 Å². The Labute approximate surface area is 127 Å². The van der Waals surface area contributed by atoms with E-state index < -0.39 is 0 Å². The number of rotatable bonds is 2. The summed E-state index contributed by atoms with van der Waals surface area (Å²) in [5.74, 6) is 2.44. The first-order valence-electron chi connectivity index (χ1n) is 5.79. The van der Waals surface area contributed by atoms with Gasteiger partial charge in [-0.05, 0) is 87.2 Å². The normalized spacial score (nSPS) is 12.3. The third kappa shape index (κ3) is 2.93. The zero-order valence-electron chi connectivity index (χ0n) is 11.0. The minimum Gasteiger partial charge on any atom is -0.0830 e. The number of halogens is 2. The molecule has 96 valence electrons. The molecule has 2 rings (SSSR count). The summed E-state index contributed by atoms with van der Waals surface area (Å²) in [7, 11) is -0.302. The second-order valence-corrected chi connectivity index (χ2v) is 15.1. The summed E-state index contributed by atoms with van der Waals surface area (Å²) >= 11 is 7.45. The summed E-state index contributed by atoms with van der Waals surface area (Å²) in [6.07, 6.45) is 0. The smallest absolute Gasteiger partial charge is 0.0698 e. The van der Waals surface area contributed by atoms with E-state index in [1.807, 2.05) is 0 Å². The van der Waals surface area contributed by atoms with E-state index in [2.05, 4.69) is 82.7 Å². The van der Waals surface area contributed by atoms with Crippen LogP contribution in [0.5, 0.6) is 0 Å². The van der Waals surface area contributed by atoms with Gasteiger partial charge in [0.15, 0.2) is 0 Å². The summed E-state index contributed by atoms with van der Waals surface area (Å²) in [4.78, 5) is 0. The molecule has 0 aliphatic heterocycles. The topological polar surface area (TPSA) is 0 Å². The first-order chi connectivity index (χ1) is 8.40. The van der Waals surface area contributed by atoms with Crippen LogP contribution in [0.15, 0.2) is 24.0 Å². The van der Waals surface area contributed by atoms with Crippen molar-refractivity contribution in [3.8, 4) is 5.30 Å². The van der Waals surface area contributed by atoms with Crippen LogP contribution in [-0.2, 0) is 0 Å². The van der Waals surface area contributed by atoms with Crippen molar-refractivity contribution in [2.45, 2.75) is 27.7 Å². The molecule has 0 radical (unpaired) electrons. The van der Waals surface area contributed by atoms with Gasteiger partial charge in [0, 0.05) is 10.3 Å². The molecule has 0 saturated heterocycles. The number of aryl methyl sites for hydroxylation is 4. The van der Waals surface area contributed by atoms with E-state index in [0.29, 0.717) is 0 Å². The van der Waals surface area contributed by atoms with E-state index >= 15 is 0 Å². The third-order valence-electron chi connectivity index (χ3n) is 2.99. The molecule has 0 fully saturated rings. The fourth-order valence-corrected chi connectivity index (χ4v) is 9.76. The molecule has 0 aliphatic carbocycles. The van der Waals surface area contributed by atoms with Gasteiger partial charge in [-0.15, -0.1) is 0 Å². The summed E-state index contributed by atoms with van der Waals surface area (Å²) < 4.78 is 0. The fraction of sp³-hybridized carbons (Fsp3) is 0.286. The maximum Gasteiger partial charge on any atom is 0.0698 e. The van der Waals surface area contributed by atoms with Crippen LogP contribution in [0.3, 0.4) is 0 Å². The lowest BCUT2D eigenvalue weighted by Gasteiger charge is -2.14. The molecule has 1 aromatic heterocycles. The van der Waals surface area contributed by atoms with Crippen LogP contribution in [0, 0.1) is 27.7 Å². The number of hydrogen-bond acceptors (Lipinski definition) is 0. The maximum absolute atomic E-state index is 3.73. The monoisotopic (exact) mass is 404 g/mol. The average molecular weight is 406 g/mol. The van der Waals surface area contributed by atoms with Crippen molar-refractivity contribution in [1.29, 1.82) is 0 Å². The van der Waals surface area contributed by atoms with Crippen LogP contribution in [0.2, 0.25) is 0 Å². The van der Waals surface area contributed by atoms with Gasteiger partial charge in [0.25, 0.3) is 0 Å². The summed E-state index contributed by atoms with van der Waals surface area (Å²) in [5, 5.41) is 2.69. The maximum atomic E-state index is 3.73. The van der Waals surface area contributed by atoms with E-state index in [1.165, 1.54) is 32.6 Å². The standard InChI is InChI=1S/C14H16Br2P2/c1-9-5-11(3)14(12(4)6-9)17-8-10(2)7-13(17)18(15)16/h5-8H,1-4H3. The predicted molar refractivity (Wildman–Crippen MR) is 93.8 cm³/mol. The molecule has 1 heterocycles. The second-order valence-electron chi connectivity index (χ2n) is 4.73. The Bertz CT molecular complexity index is 562. The quantitative estimate of drug-likeness (QED) is 0.492. The molecule has 18 heavy (non-hydrogen) atoms. The zero-order valence-corrected chi connectivity index (χ0v) is 15.9. The molecule has 0 N–H and O–H groups in total. The molecular formula is C14H16Br2P2. The van der Waals surface area contributed by atoms with Crippen molar-refractivity contribution in [3.05, 3.63) is 46.3 Å². The van der Waals surface area contributed by atoms with Gasteiger partial charge < -0.3 is 0 Å². The van der Waals surface area contributed by atoms with E-state index in [0.717, 1.165) is 0 Å². The molecule has 4 heteroatoms. The van der Waals surface area contributed by atoms with Crippen LogP contribution >= 0.6 is 43.8 Å². The van der Waals surface area contributed by atoms with Crippen molar-refractivity contribution in [2.24, 2.45) is 0 Å². The molecule has 0 bridgehead atoms. The Balaban J connectivity index is 2.69. The molecule has 1 aromatic carbocycles. The van der Waals surface area contributed by atoms with Gasteiger partial charge in [0.05, 0.1) is 5.33 Å². The minimum atomic E-state index is -0.361. The van der Waals surface area contributed by atoms with Crippen LogP contribution in [0.4, 0.5) is 0 Å². The Morgan fingerprint density at radius 1 is 0.889 bits per heavy atom. The van der Waals surface area contributed by atoms with Crippen LogP contribution < -0.4 is 5.04 Å². The van der Waals surface area contributed by atoms with Gasteiger partial charge in [0.1, 0.15) is 0 Å². The first kappa shape index (κ1) is 14.8. The lowest BCUT2D eigenvalue weighted by atomic mass is 10.1. The highest BCUT2D eigenvalue weighted by molar-refractivity contribution is 9.70. The Morgan fingerprint density at radius 3 is 1.94 bits per heavy atom. The lowest BCUT2D eigenvalue weighted by molar-refractivity contribution is 1.35. The number of hydrogen-bond donors (Lipinski definition) is 0. The lowest BCUT2D eigenvalue weighted by Crippen LogP contribution is -1.91. The summed E-state index contributed by atoms with van der Waals surface area (Å²) in [5.41, 5.74) is 5.59. The highest BCUT2D eigenvalue weighted by atomic mass is 79.9. The van der Waals surface area contributed by atoms with Gasteiger partial charge in [-0.2, -0.15) is 0 Å². The van der Waals surface area contributed by atoms with Crippen molar-refractivity contribution >= 4 is 48.9 Å².